The Hall–Kier alpha value is -3.16. The highest BCUT2D eigenvalue weighted by atomic mass is 16.6. The van der Waals surface area contributed by atoms with Gasteiger partial charge in [-0.05, 0) is 45.2 Å². The fourth-order valence-electron chi connectivity index (χ4n) is 3.58. The summed E-state index contributed by atoms with van der Waals surface area (Å²) in [4.78, 5) is 20.6. The molecule has 1 fully saturated rings. The van der Waals surface area contributed by atoms with Crippen molar-refractivity contribution in [1.82, 2.24) is 25.5 Å². The van der Waals surface area contributed by atoms with Gasteiger partial charge in [0.15, 0.2) is 11.6 Å². The number of anilines is 2. The van der Waals surface area contributed by atoms with Gasteiger partial charge in [-0.1, -0.05) is 6.07 Å². The molecular formula is C20H24N6O2. The molecule has 1 saturated carbocycles. The molecule has 4 rings (SSSR count). The molecule has 3 aromatic heterocycles. The molecule has 0 bridgehead atoms. The number of fused-ring (bicyclic) bond motifs is 1. The molecule has 1 aliphatic rings. The largest absolute Gasteiger partial charge is 0.446 e. The smallest absolute Gasteiger partial charge is 0.407 e. The SMILES string of the molecule is CC(C)NC(=O)OC1CCC(c2cc(Nc3nccc4cccnc34)n[nH]2)C1. The van der Waals surface area contributed by atoms with Crippen LogP contribution in [0.25, 0.3) is 10.9 Å². The second-order valence-corrected chi connectivity index (χ2v) is 7.40. The van der Waals surface area contributed by atoms with Gasteiger partial charge in [0.25, 0.3) is 0 Å². The molecule has 0 spiro atoms. The second kappa shape index (κ2) is 7.84. The van der Waals surface area contributed by atoms with E-state index >= 15 is 0 Å². The number of pyridine rings is 2. The molecule has 146 valence electrons. The first kappa shape index (κ1) is 18.2. The number of rotatable bonds is 5. The maximum atomic E-state index is 11.8. The number of carbonyl (C=O) groups excluding carboxylic acids is 1. The lowest BCUT2D eigenvalue weighted by Crippen LogP contribution is -2.33. The van der Waals surface area contributed by atoms with Crippen LogP contribution in [0.4, 0.5) is 16.4 Å². The van der Waals surface area contributed by atoms with Crippen LogP contribution in [0, 0.1) is 0 Å². The Balaban J connectivity index is 1.40. The van der Waals surface area contributed by atoms with Crippen LogP contribution in [0.5, 0.6) is 0 Å². The first-order valence-electron chi connectivity index (χ1n) is 9.57. The Morgan fingerprint density at radius 3 is 3.00 bits per heavy atom. The maximum Gasteiger partial charge on any atom is 0.407 e. The summed E-state index contributed by atoms with van der Waals surface area (Å²) in [5, 5.41) is 14.5. The summed E-state index contributed by atoms with van der Waals surface area (Å²) < 4.78 is 5.51. The average molecular weight is 380 g/mol. The van der Waals surface area contributed by atoms with Gasteiger partial charge in [0.1, 0.15) is 11.6 Å². The number of aromatic amines is 1. The fraction of sp³-hybridized carbons (Fsp3) is 0.400. The van der Waals surface area contributed by atoms with E-state index in [1.54, 1.807) is 12.4 Å². The Morgan fingerprint density at radius 1 is 1.25 bits per heavy atom. The molecule has 8 heteroatoms. The number of nitrogens with zero attached hydrogens (tertiary/aromatic N) is 3. The molecule has 1 amide bonds. The minimum absolute atomic E-state index is 0.0626. The van der Waals surface area contributed by atoms with Gasteiger partial charge in [-0.2, -0.15) is 5.10 Å². The van der Waals surface area contributed by atoms with Gasteiger partial charge in [-0.3, -0.25) is 10.1 Å². The summed E-state index contributed by atoms with van der Waals surface area (Å²) in [6.45, 7) is 3.83. The molecule has 8 nitrogen and oxygen atoms in total. The van der Waals surface area contributed by atoms with E-state index in [-0.39, 0.29) is 18.2 Å². The third-order valence-electron chi connectivity index (χ3n) is 4.87. The molecule has 0 radical (unpaired) electrons. The van der Waals surface area contributed by atoms with Crippen molar-refractivity contribution < 1.29 is 9.53 Å². The summed E-state index contributed by atoms with van der Waals surface area (Å²) in [5.41, 5.74) is 1.84. The zero-order valence-corrected chi connectivity index (χ0v) is 16.0. The summed E-state index contributed by atoms with van der Waals surface area (Å²) >= 11 is 0. The molecule has 28 heavy (non-hydrogen) atoms. The molecule has 0 aromatic carbocycles. The fourth-order valence-corrected chi connectivity index (χ4v) is 3.58. The van der Waals surface area contributed by atoms with Crippen LogP contribution in [-0.4, -0.2) is 38.4 Å². The van der Waals surface area contributed by atoms with Crippen LogP contribution in [-0.2, 0) is 4.74 Å². The summed E-state index contributed by atoms with van der Waals surface area (Å²) in [6.07, 6.45) is 5.69. The molecule has 3 N–H and O–H groups in total. The van der Waals surface area contributed by atoms with E-state index in [0.29, 0.717) is 17.6 Å². The van der Waals surface area contributed by atoms with Gasteiger partial charge in [0.2, 0.25) is 0 Å². The molecule has 3 heterocycles. The topological polar surface area (TPSA) is 105 Å². The van der Waals surface area contributed by atoms with E-state index in [2.05, 4.69) is 30.8 Å². The van der Waals surface area contributed by atoms with Crippen LogP contribution in [0.2, 0.25) is 0 Å². The zero-order chi connectivity index (χ0) is 19.5. The molecule has 2 unspecified atom stereocenters. The Labute approximate surface area is 163 Å². The van der Waals surface area contributed by atoms with Crippen LogP contribution in [0.15, 0.2) is 36.7 Å². The quantitative estimate of drug-likeness (QED) is 0.621. The Bertz CT molecular complexity index is 965. The third-order valence-corrected chi connectivity index (χ3v) is 4.87. The standard InChI is InChI=1S/C20H24N6O2/c1-12(2)23-20(27)28-15-6-5-14(10-15)16-11-17(26-25-16)24-19-18-13(7-9-22-19)4-3-8-21-18/h3-4,7-9,11-12,14-15H,5-6,10H2,1-2H3,(H,23,27)(H2,22,24,25,26). The van der Waals surface area contributed by atoms with Crippen molar-refractivity contribution in [3.05, 3.63) is 42.4 Å². The number of hydrogen-bond donors (Lipinski definition) is 3. The number of ether oxygens (including phenoxy) is 1. The predicted molar refractivity (Wildman–Crippen MR) is 107 cm³/mol. The highest BCUT2D eigenvalue weighted by molar-refractivity contribution is 5.89. The lowest BCUT2D eigenvalue weighted by atomic mass is 10.0. The monoisotopic (exact) mass is 380 g/mol. The minimum atomic E-state index is -0.345. The number of carbonyl (C=O) groups is 1. The lowest BCUT2D eigenvalue weighted by Gasteiger charge is -2.14. The molecular weight excluding hydrogens is 356 g/mol. The van der Waals surface area contributed by atoms with Crippen molar-refractivity contribution in [3.8, 4) is 0 Å². The van der Waals surface area contributed by atoms with E-state index in [1.807, 2.05) is 38.1 Å². The van der Waals surface area contributed by atoms with Crippen molar-refractivity contribution >= 4 is 28.6 Å². The molecule has 2 atom stereocenters. The predicted octanol–water partition coefficient (Wildman–Crippen LogP) is 3.87. The van der Waals surface area contributed by atoms with Gasteiger partial charge in [-0.25, -0.2) is 9.78 Å². The van der Waals surface area contributed by atoms with Crippen LogP contribution in [0.3, 0.4) is 0 Å². The van der Waals surface area contributed by atoms with E-state index in [9.17, 15) is 4.79 Å². The molecule has 0 saturated heterocycles. The Morgan fingerprint density at radius 2 is 2.14 bits per heavy atom. The number of alkyl carbamates (subject to hydrolysis) is 1. The first-order valence-corrected chi connectivity index (χ1v) is 9.57. The Kier molecular flexibility index (Phi) is 5.10. The van der Waals surface area contributed by atoms with Gasteiger partial charge in [-0.15, -0.1) is 0 Å². The van der Waals surface area contributed by atoms with Gasteiger partial charge in [0, 0.05) is 41.5 Å². The van der Waals surface area contributed by atoms with Crippen molar-refractivity contribution in [1.29, 1.82) is 0 Å². The molecule has 3 aromatic rings. The van der Waals surface area contributed by atoms with Crippen molar-refractivity contribution in [3.63, 3.8) is 0 Å². The molecule has 0 aliphatic heterocycles. The van der Waals surface area contributed by atoms with Crippen molar-refractivity contribution in [2.24, 2.45) is 0 Å². The third kappa shape index (κ3) is 4.05. The van der Waals surface area contributed by atoms with Crippen LogP contribution >= 0.6 is 0 Å². The van der Waals surface area contributed by atoms with Crippen molar-refractivity contribution in [2.75, 3.05) is 5.32 Å². The molecule has 1 aliphatic carbocycles. The first-order chi connectivity index (χ1) is 13.6. The average Bonchev–Trinajstić information content (AvgIpc) is 3.31. The van der Waals surface area contributed by atoms with E-state index in [4.69, 9.17) is 4.74 Å². The van der Waals surface area contributed by atoms with Gasteiger partial charge < -0.3 is 15.4 Å². The summed E-state index contributed by atoms with van der Waals surface area (Å²) in [7, 11) is 0. The normalized spacial score (nSPS) is 19.1. The van der Waals surface area contributed by atoms with Crippen LogP contribution in [0.1, 0.15) is 44.7 Å². The number of hydrogen-bond acceptors (Lipinski definition) is 6. The number of aromatic nitrogens is 4. The summed E-state index contributed by atoms with van der Waals surface area (Å²) in [5.74, 6) is 1.66. The van der Waals surface area contributed by atoms with Crippen LogP contribution < -0.4 is 10.6 Å². The number of nitrogens with one attached hydrogen (secondary N) is 3. The second-order valence-electron chi connectivity index (χ2n) is 7.40. The number of amides is 1. The van der Waals surface area contributed by atoms with Gasteiger partial charge >= 0.3 is 6.09 Å². The van der Waals surface area contributed by atoms with E-state index < -0.39 is 0 Å². The van der Waals surface area contributed by atoms with E-state index in [0.717, 1.165) is 35.9 Å². The summed E-state index contributed by atoms with van der Waals surface area (Å²) in [6, 6.07) is 7.89. The highest BCUT2D eigenvalue weighted by Crippen LogP contribution is 2.36. The van der Waals surface area contributed by atoms with Crippen molar-refractivity contribution in [2.45, 2.75) is 51.2 Å². The minimum Gasteiger partial charge on any atom is -0.446 e. The highest BCUT2D eigenvalue weighted by Gasteiger charge is 2.30. The zero-order valence-electron chi connectivity index (χ0n) is 16.0. The van der Waals surface area contributed by atoms with E-state index in [1.165, 1.54) is 0 Å². The number of H-pyrrole nitrogens is 1. The van der Waals surface area contributed by atoms with Gasteiger partial charge in [0.05, 0.1) is 0 Å². The maximum absolute atomic E-state index is 11.8. The lowest BCUT2D eigenvalue weighted by molar-refractivity contribution is 0.0981.